The third kappa shape index (κ3) is 4.90. The summed E-state index contributed by atoms with van der Waals surface area (Å²) < 4.78 is 11.3. The van der Waals surface area contributed by atoms with Gasteiger partial charge >= 0.3 is 6.03 Å². The number of hydrogen-bond donors (Lipinski definition) is 1. The second-order valence-corrected chi connectivity index (χ2v) is 8.09. The fourth-order valence-corrected chi connectivity index (χ4v) is 3.74. The lowest BCUT2D eigenvalue weighted by atomic mass is 10.1. The monoisotopic (exact) mass is 496 g/mol. The van der Waals surface area contributed by atoms with E-state index in [2.05, 4.69) is 5.32 Å². The number of carbonyl (C=O) groups is 3. The van der Waals surface area contributed by atoms with E-state index in [1.807, 2.05) is 30.3 Å². The Morgan fingerprint density at radius 2 is 1.68 bits per heavy atom. The molecule has 34 heavy (non-hydrogen) atoms. The normalized spacial score (nSPS) is 14.9. The van der Waals surface area contributed by atoms with Gasteiger partial charge in [-0.1, -0.05) is 53.5 Å². The van der Waals surface area contributed by atoms with Crippen molar-refractivity contribution in [2.75, 3.05) is 12.0 Å². The molecule has 1 aliphatic rings. The van der Waals surface area contributed by atoms with Crippen LogP contribution in [0, 0.1) is 0 Å². The number of barbiturate groups is 1. The minimum atomic E-state index is -0.852. The van der Waals surface area contributed by atoms with Crippen LogP contribution in [-0.4, -0.2) is 25.0 Å². The Kier molecular flexibility index (Phi) is 6.86. The number of nitrogens with one attached hydrogen (secondary N) is 1. The molecule has 0 radical (unpaired) electrons. The van der Waals surface area contributed by atoms with Crippen molar-refractivity contribution < 1.29 is 23.9 Å². The summed E-state index contributed by atoms with van der Waals surface area (Å²) in [5, 5.41) is 2.85. The molecule has 0 bridgehead atoms. The van der Waals surface area contributed by atoms with E-state index in [9.17, 15) is 14.4 Å². The van der Waals surface area contributed by atoms with E-state index in [0.29, 0.717) is 22.1 Å². The second-order valence-electron chi connectivity index (χ2n) is 7.24. The molecule has 1 saturated heterocycles. The summed E-state index contributed by atoms with van der Waals surface area (Å²) in [7, 11) is 1.46. The van der Waals surface area contributed by atoms with E-state index < -0.39 is 17.8 Å². The number of benzene rings is 3. The highest BCUT2D eigenvalue weighted by Crippen LogP contribution is 2.38. The molecule has 0 aromatic heterocycles. The van der Waals surface area contributed by atoms with E-state index >= 15 is 0 Å². The zero-order valence-corrected chi connectivity index (χ0v) is 19.4. The highest BCUT2D eigenvalue weighted by Gasteiger charge is 2.36. The zero-order chi connectivity index (χ0) is 24.2. The van der Waals surface area contributed by atoms with Crippen molar-refractivity contribution in [2.24, 2.45) is 0 Å². The van der Waals surface area contributed by atoms with E-state index in [1.54, 1.807) is 12.1 Å². The van der Waals surface area contributed by atoms with Gasteiger partial charge in [-0.05, 0) is 53.6 Å². The maximum atomic E-state index is 13.1. The first-order valence-corrected chi connectivity index (χ1v) is 10.8. The Balaban J connectivity index is 1.64. The van der Waals surface area contributed by atoms with E-state index in [4.69, 9.17) is 32.7 Å². The quantitative estimate of drug-likeness (QED) is 0.372. The van der Waals surface area contributed by atoms with Gasteiger partial charge in [0.25, 0.3) is 11.8 Å². The lowest BCUT2D eigenvalue weighted by molar-refractivity contribution is -0.122. The summed E-state index contributed by atoms with van der Waals surface area (Å²) in [6.45, 7) is 0.274. The molecule has 1 aliphatic heterocycles. The van der Waals surface area contributed by atoms with E-state index in [-0.39, 0.29) is 22.9 Å². The van der Waals surface area contributed by atoms with Crippen LogP contribution in [0.4, 0.5) is 10.5 Å². The first kappa shape index (κ1) is 23.4. The average Bonchev–Trinajstić information content (AvgIpc) is 2.82. The van der Waals surface area contributed by atoms with Gasteiger partial charge in [0, 0.05) is 5.02 Å². The van der Waals surface area contributed by atoms with Crippen LogP contribution >= 0.6 is 23.2 Å². The topological polar surface area (TPSA) is 84.9 Å². The largest absolute Gasteiger partial charge is 0.493 e. The highest BCUT2D eigenvalue weighted by molar-refractivity contribution is 6.39. The highest BCUT2D eigenvalue weighted by atomic mass is 35.5. The fourth-order valence-electron chi connectivity index (χ4n) is 3.34. The molecular weight excluding hydrogens is 479 g/mol. The molecule has 1 N–H and O–H groups in total. The van der Waals surface area contributed by atoms with Gasteiger partial charge in [-0.25, -0.2) is 9.69 Å². The van der Waals surface area contributed by atoms with Crippen LogP contribution in [0.25, 0.3) is 6.08 Å². The SMILES string of the molecule is COc1cc(/C=C2\C(=O)NC(=O)N(c3ccc(Cl)cc3)C2=O)cc(Cl)c1OCc1ccccc1. The number of amides is 4. The molecular formula is C25H18Cl2N2O5. The Bertz CT molecular complexity index is 1290. The van der Waals surface area contributed by atoms with Crippen LogP contribution in [0.2, 0.25) is 10.0 Å². The summed E-state index contributed by atoms with van der Waals surface area (Å²) >= 11 is 12.3. The molecule has 172 valence electrons. The molecule has 1 heterocycles. The van der Waals surface area contributed by atoms with Gasteiger partial charge in [0.15, 0.2) is 11.5 Å². The first-order valence-electron chi connectivity index (χ1n) is 10.1. The number of urea groups is 1. The number of nitrogens with zero attached hydrogens (tertiary/aromatic N) is 1. The Morgan fingerprint density at radius 3 is 2.35 bits per heavy atom. The zero-order valence-electron chi connectivity index (χ0n) is 17.9. The van der Waals surface area contributed by atoms with Crippen molar-refractivity contribution in [3.63, 3.8) is 0 Å². The van der Waals surface area contributed by atoms with Crippen molar-refractivity contribution in [1.82, 2.24) is 5.32 Å². The molecule has 9 heteroatoms. The molecule has 1 fully saturated rings. The number of ether oxygens (including phenoxy) is 2. The number of imide groups is 2. The molecule has 0 saturated carbocycles. The molecule has 4 amide bonds. The van der Waals surface area contributed by atoms with E-state index in [0.717, 1.165) is 10.5 Å². The number of carbonyl (C=O) groups excluding carboxylic acids is 3. The molecule has 0 aliphatic carbocycles. The molecule has 3 aromatic carbocycles. The first-order chi connectivity index (χ1) is 16.4. The summed E-state index contributed by atoms with van der Waals surface area (Å²) in [6.07, 6.45) is 1.34. The van der Waals surface area contributed by atoms with Crippen LogP contribution in [0.3, 0.4) is 0 Å². The van der Waals surface area contributed by atoms with Crippen molar-refractivity contribution in [3.8, 4) is 11.5 Å². The minimum Gasteiger partial charge on any atom is -0.493 e. The summed E-state index contributed by atoms with van der Waals surface area (Å²) in [5.74, 6) is -0.951. The summed E-state index contributed by atoms with van der Waals surface area (Å²) in [6, 6.07) is 17.9. The molecule has 0 spiro atoms. The van der Waals surface area contributed by atoms with Gasteiger partial charge in [-0.2, -0.15) is 0 Å². The number of hydrogen-bond acceptors (Lipinski definition) is 5. The fraction of sp³-hybridized carbons (Fsp3) is 0.0800. The lowest BCUT2D eigenvalue weighted by Gasteiger charge is -2.26. The Labute approximate surface area is 205 Å². The van der Waals surface area contributed by atoms with Gasteiger partial charge in [0.2, 0.25) is 0 Å². The van der Waals surface area contributed by atoms with Gasteiger partial charge in [0.05, 0.1) is 17.8 Å². The Hall–Kier alpha value is -3.81. The summed E-state index contributed by atoms with van der Waals surface area (Å²) in [4.78, 5) is 38.7. The number of methoxy groups -OCH3 is 1. The maximum Gasteiger partial charge on any atom is 0.335 e. The lowest BCUT2D eigenvalue weighted by Crippen LogP contribution is -2.54. The Morgan fingerprint density at radius 1 is 0.971 bits per heavy atom. The smallest absolute Gasteiger partial charge is 0.335 e. The van der Waals surface area contributed by atoms with Gasteiger partial charge in [-0.3, -0.25) is 14.9 Å². The van der Waals surface area contributed by atoms with Gasteiger partial charge in [-0.15, -0.1) is 0 Å². The standard InChI is InChI=1S/C25H18Cl2N2O5/c1-33-21-13-16(12-20(27)22(21)34-14-15-5-3-2-4-6-15)11-19-23(30)28-25(32)29(24(19)31)18-9-7-17(26)8-10-18/h2-13H,14H2,1H3,(H,28,30,32)/b19-11+. The van der Waals surface area contributed by atoms with Gasteiger partial charge < -0.3 is 9.47 Å². The predicted octanol–water partition coefficient (Wildman–Crippen LogP) is 5.25. The van der Waals surface area contributed by atoms with Crippen LogP contribution in [0.5, 0.6) is 11.5 Å². The number of rotatable bonds is 6. The molecule has 0 unspecified atom stereocenters. The van der Waals surface area contributed by atoms with Crippen LogP contribution in [0.15, 0.2) is 72.3 Å². The van der Waals surface area contributed by atoms with Crippen molar-refractivity contribution in [2.45, 2.75) is 6.61 Å². The van der Waals surface area contributed by atoms with Crippen molar-refractivity contribution in [3.05, 3.63) is 93.5 Å². The molecule has 0 atom stereocenters. The molecule has 7 nitrogen and oxygen atoms in total. The van der Waals surface area contributed by atoms with Gasteiger partial charge in [0.1, 0.15) is 12.2 Å². The van der Waals surface area contributed by atoms with Crippen LogP contribution in [0.1, 0.15) is 11.1 Å². The predicted molar refractivity (Wildman–Crippen MR) is 129 cm³/mol. The number of anilines is 1. The molecule has 3 aromatic rings. The number of halogens is 2. The van der Waals surface area contributed by atoms with Crippen molar-refractivity contribution >= 4 is 52.8 Å². The third-order valence-electron chi connectivity index (χ3n) is 4.98. The minimum absolute atomic E-state index is 0.233. The van der Waals surface area contributed by atoms with Crippen molar-refractivity contribution in [1.29, 1.82) is 0 Å². The third-order valence-corrected chi connectivity index (χ3v) is 5.51. The second kappa shape index (κ2) is 9.99. The summed E-state index contributed by atoms with van der Waals surface area (Å²) in [5.41, 5.74) is 1.39. The van der Waals surface area contributed by atoms with E-state index in [1.165, 1.54) is 37.5 Å². The molecule has 4 rings (SSSR count). The average molecular weight is 497 g/mol. The van der Waals surface area contributed by atoms with Crippen LogP contribution < -0.4 is 19.7 Å². The van der Waals surface area contributed by atoms with Crippen LogP contribution in [-0.2, 0) is 16.2 Å². The maximum absolute atomic E-state index is 13.1.